The summed E-state index contributed by atoms with van der Waals surface area (Å²) in [4.78, 5) is 24.1. The van der Waals surface area contributed by atoms with Gasteiger partial charge in [0.2, 0.25) is 0 Å². The van der Waals surface area contributed by atoms with Gasteiger partial charge in [-0.05, 0) is 25.0 Å². The van der Waals surface area contributed by atoms with E-state index in [1.807, 2.05) is 62.4 Å². The Morgan fingerprint density at radius 2 is 1.31 bits per heavy atom. The van der Waals surface area contributed by atoms with Gasteiger partial charge in [-0.25, -0.2) is 9.59 Å². The predicted octanol–water partition coefficient (Wildman–Crippen LogP) is 4.80. The standard InChI is InChI=1S/C21H19NO4/c1-13(2)22-18(15-11-7-4-8-12-15)16(14-9-5-3-6-10-14)17(20(23)24)19(22)21(25)26/h3-13H,1-2H3,(H,23,24)(H,25,26). The maximum atomic E-state index is 12.1. The Kier molecular flexibility index (Phi) is 4.63. The Labute approximate surface area is 151 Å². The van der Waals surface area contributed by atoms with Crippen LogP contribution in [0.2, 0.25) is 0 Å². The normalized spacial score (nSPS) is 10.9. The largest absolute Gasteiger partial charge is 0.478 e. The smallest absolute Gasteiger partial charge is 0.353 e. The molecule has 3 aromatic rings. The second kappa shape index (κ2) is 6.88. The molecule has 0 aliphatic rings. The van der Waals surface area contributed by atoms with Gasteiger partial charge in [0.25, 0.3) is 0 Å². The number of aromatic carboxylic acids is 2. The molecule has 26 heavy (non-hydrogen) atoms. The summed E-state index contributed by atoms with van der Waals surface area (Å²) in [5, 5.41) is 19.6. The van der Waals surface area contributed by atoms with Crippen LogP contribution >= 0.6 is 0 Å². The van der Waals surface area contributed by atoms with E-state index in [-0.39, 0.29) is 17.3 Å². The van der Waals surface area contributed by atoms with Crippen molar-refractivity contribution in [2.45, 2.75) is 19.9 Å². The molecule has 0 amide bonds. The van der Waals surface area contributed by atoms with E-state index in [4.69, 9.17) is 0 Å². The first-order valence-electron chi connectivity index (χ1n) is 8.29. The highest BCUT2D eigenvalue weighted by molar-refractivity contribution is 6.10. The quantitative estimate of drug-likeness (QED) is 0.693. The summed E-state index contributed by atoms with van der Waals surface area (Å²) in [6.45, 7) is 3.69. The third-order valence-electron chi connectivity index (χ3n) is 4.25. The minimum Gasteiger partial charge on any atom is -0.478 e. The fourth-order valence-corrected chi connectivity index (χ4v) is 3.29. The Balaban J connectivity index is 2.54. The van der Waals surface area contributed by atoms with Crippen LogP contribution in [0.4, 0.5) is 0 Å². The topological polar surface area (TPSA) is 79.5 Å². The number of benzene rings is 2. The van der Waals surface area contributed by atoms with Crippen LogP contribution in [0, 0.1) is 0 Å². The molecule has 0 atom stereocenters. The van der Waals surface area contributed by atoms with Crippen molar-refractivity contribution in [3.8, 4) is 22.4 Å². The number of hydrogen-bond donors (Lipinski definition) is 2. The number of nitrogens with zero attached hydrogens (tertiary/aromatic N) is 1. The highest BCUT2D eigenvalue weighted by Crippen LogP contribution is 2.41. The second-order valence-electron chi connectivity index (χ2n) is 6.25. The van der Waals surface area contributed by atoms with E-state index in [1.165, 1.54) is 0 Å². The number of carbonyl (C=O) groups is 2. The van der Waals surface area contributed by atoms with Crippen LogP contribution < -0.4 is 0 Å². The highest BCUT2D eigenvalue weighted by atomic mass is 16.4. The molecule has 0 aliphatic carbocycles. The van der Waals surface area contributed by atoms with Crippen molar-refractivity contribution in [3.05, 3.63) is 71.9 Å². The van der Waals surface area contributed by atoms with Crippen molar-refractivity contribution < 1.29 is 19.8 Å². The van der Waals surface area contributed by atoms with Gasteiger partial charge in [-0.2, -0.15) is 0 Å². The van der Waals surface area contributed by atoms with E-state index in [2.05, 4.69) is 0 Å². The molecular weight excluding hydrogens is 330 g/mol. The highest BCUT2D eigenvalue weighted by Gasteiger charge is 2.33. The summed E-state index contributed by atoms with van der Waals surface area (Å²) in [5.41, 5.74) is 2.08. The SMILES string of the molecule is CC(C)n1c(C(=O)O)c(C(=O)O)c(-c2ccccc2)c1-c1ccccc1. The fourth-order valence-electron chi connectivity index (χ4n) is 3.29. The molecule has 0 fully saturated rings. The first-order valence-corrected chi connectivity index (χ1v) is 8.29. The molecule has 0 radical (unpaired) electrons. The Hall–Kier alpha value is -3.34. The average Bonchev–Trinajstić information content (AvgIpc) is 3.00. The van der Waals surface area contributed by atoms with Crippen LogP contribution in [0.25, 0.3) is 22.4 Å². The van der Waals surface area contributed by atoms with Gasteiger partial charge in [0, 0.05) is 11.6 Å². The summed E-state index contributed by atoms with van der Waals surface area (Å²) >= 11 is 0. The lowest BCUT2D eigenvalue weighted by molar-refractivity contribution is 0.0643. The first kappa shape index (κ1) is 17.5. The van der Waals surface area contributed by atoms with E-state index in [0.717, 1.165) is 5.56 Å². The van der Waals surface area contributed by atoms with Gasteiger partial charge >= 0.3 is 11.9 Å². The van der Waals surface area contributed by atoms with Crippen LogP contribution in [-0.2, 0) is 0 Å². The molecule has 5 heteroatoms. The Bertz CT molecular complexity index is 957. The van der Waals surface area contributed by atoms with Gasteiger partial charge < -0.3 is 14.8 Å². The molecule has 0 spiro atoms. The molecule has 2 N–H and O–H groups in total. The molecule has 0 aliphatic heterocycles. The monoisotopic (exact) mass is 349 g/mol. The minimum atomic E-state index is -1.25. The van der Waals surface area contributed by atoms with Crippen LogP contribution in [0.15, 0.2) is 60.7 Å². The third-order valence-corrected chi connectivity index (χ3v) is 4.25. The lowest BCUT2D eigenvalue weighted by Gasteiger charge is -2.17. The summed E-state index contributed by atoms with van der Waals surface area (Å²) in [6.07, 6.45) is 0. The molecule has 0 saturated heterocycles. The number of hydrogen-bond acceptors (Lipinski definition) is 2. The number of aromatic nitrogens is 1. The summed E-state index contributed by atoms with van der Waals surface area (Å²) < 4.78 is 1.60. The van der Waals surface area contributed by atoms with E-state index < -0.39 is 11.9 Å². The zero-order valence-corrected chi connectivity index (χ0v) is 14.5. The van der Waals surface area contributed by atoms with E-state index in [9.17, 15) is 19.8 Å². The molecule has 1 aromatic heterocycles. The molecule has 2 aromatic carbocycles. The van der Waals surface area contributed by atoms with Crippen molar-refractivity contribution in [3.63, 3.8) is 0 Å². The van der Waals surface area contributed by atoms with Crippen LogP contribution in [0.5, 0.6) is 0 Å². The summed E-state index contributed by atoms with van der Waals surface area (Å²) in [7, 11) is 0. The lowest BCUT2D eigenvalue weighted by Crippen LogP contribution is -2.15. The summed E-state index contributed by atoms with van der Waals surface area (Å²) in [5.74, 6) is -2.51. The molecule has 1 heterocycles. The molecular formula is C21H19NO4. The number of rotatable bonds is 5. The molecule has 0 unspecified atom stereocenters. The first-order chi connectivity index (χ1) is 12.4. The van der Waals surface area contributed by atoms with E-state index in [0.29, 0.717) is 16.8 Å². The van der Waals surface area contributed by atoms with Crippen molar-refractivity contribution >= 4 is 11.9 Å². The van der Waals surface area contributed by atoms with Gasteiger partial charge in [-0.1, -0.05) is 60.7 Å². The molecule has 3 rings (SSSR count). The van der Waals surface area contributed by atoms with Crippen molar-refractivity contribution in [1.82, 2.24) is 4.57 Å². The molecule has 0 saturated carbocycles. The molecule has 5 nitrogen and oxygen atoms in total. The average molecular weight is 349 g/mol. The number of carboxylic acid groups (broad SMARTS) is 2. The number of carboxylic acids is 2. The zero-order chi connectivity index (χ0) is 18.8. The maximum Gasteiger partial charge on any atom is 0.353 e. The fraction of sp³-hybridized carbons (Fsp3) is 0.143. The minimum absolute atomic E-state index is 0.184. The Morgan fingerprint density at radius 3 is 1.73 bits per heavy atom. The maximum absolute atomic E-state index is 12.1. The molecule has 0 bridgehead atoms. The second-order valence-corrected chi connectivity index (χ2v) is 6.25. The van der Waals surface area contributed by atoms with Crippen LogP contribution in [0.3, 0.4) is 0 Å². The van der Waals surface area contributed by atoms with Crippen LogP contribution in [0.1, 0.15) is 40.7 Å². The van der Waals surface area contributed by atoms with Gasteiger partial charge in [-0.3, -0.25) is 0 Å². The van der Waals surface area contributed by atoms with Gasteiger partial charge in [0.15, 0.2) is 0 Å². The molecule has 132 valence electrons. The van der Waals surface area contributed by atoms with Crippen LogP contribution in [-0.4, -0.2) is 26.7 Å². The predicted molar refractivity (Wildman–Crippen MR) is 99.6 cm³/mol. The van der Waals surface area contributed by atoms with Crippen molar-refractivity contribution in [2.24, 2.45) is 0 Å². The van der Waals surface area contributed by atoms with E-state index in [1.54, 1.807) is 16.7 Å². The lowest BCUT2D eigenvalue weighted by atomic mass is 9.97. The van der Waals surface area contributed by atoms with Gasteiger partial charge in [0.05, 0.1) is 5.69 Å². The van der Waals surface area contributed by atoms with Crippen molar-refractivity contribution in [2.75, 3.05) is 0 Å². The zero-order valence-electron chi connectivity index (χ0n) is 14.5. The van der Waals surface area contributed by atoms with Gasteiger partial charge in [-0.15, -0.1) is 0 Å². The third kappa shape index (κ3) is 2.88. The van der Waals surface area contributed by atoms with Crippen molar-refractivity contribution in [1.29, 1.82) is 0 Å². The summed E-state index contributed by atoms with van der Waals surface area (Å²) in [6, 6.07) is 18.1. The Morgan fingerprint density at radius 1 is 0.808 bits per heavy atom. The van der Waals surface area contributed by atoms with E-state index >= 15 is 0 Å². The van der Waals surface area contributed by atoms with Gasteiger partial charge in [0.1, 0.15) is 11.3 Å².